The zero-order valence-electron chi connectivity index (χ0n) is 13.0. The molecule has 0 bridgehead atoms. The van der Waals surface area contributed by atoms with Crippen LogP contribution in [0.25, 0.3) is 0 Å². The van der Waals surface area contributed by atoms with Crippen LogP contribution < -0.4 is 0 Å². The summed E-state index contributed by atoms with van der Waals surface area (Å²) in [5.41, 5.74) is 0. The Bertz CT molecular complexity index is 344. The molecule has 2 aliphatic heterocycles. The normalized spacial score (nSPS) is 32.7. The summed E-state index contributed by atoms with van der Waals surface area (Å²) in [6.45, 7) is 7.07. The number of carbonyl (C=O) groups excluding carboxylic acids is 1. The summed E-state index contributed by atoms with van der Waals surface area (Å²) in [6, 6.07) is 0. The van der Waals surface area contributed by atoms with Crippen LogP contribution in [0, 0.1) is 11.8 Å². The van der Waals surface area contributed by atoms with Crippen molar-refractivity contribution in [2.24, 2.45) is 11.8 Å². The van der Waals surface area contributed by atoms with E-state index in [1.54, 1.807) is 0 Å². The standard InChI is InChI=1S/C15H28N2O4/c1-10(2)15(21)17-5-3-11(4-6-17)7-16-8-12(18)14(20)13(19)9-16/h10-14,18-20H,3-9H2,1-2H3/t12-,13+,14+. The highest BCUT2D eigenvalue weighted by atomic mass is 16.4. The Morgan fingerprint density at radius 1 is 1.10 bits per heavy atom. The minimum absolute atomic E-state index is 0.0513. The molecule has 0 aromatic rings. The van der Waals surface area contributed by atoms with Crippen molar-refractivity contribution in [1.82, 2.24) is 9.80 Å². The van der Waals surface area contributed by atoms with Gasteiger partial charge in [-0.1, -0.05) is 13.8 Å². The molecular weight excluding hydrogens is 272 g/mol. The Hall–Kier alpha value is -0.690. The van der Waals surface area contributed by atoms with Gasteiger partial charge >= 0.3 is 0 Å². The third kappa shape index (κ3) is 4.16. The van der Waals surface area contributed by atoms with Crippen molar-refractivity contribution in [2.45, 2.75) is 45.0 Å². The van der Waals surface area contributed by atoms with E-state index in [1.807, 2.05) is 23.6 Å². The number of rotatable bonds is 3. The number of carbonyl (C=O) groups is 1. The molecule has 21 heavy (non-hydrogen) atoms. The zero-order chi connectivity index (χ0) is 15.6. The van der Waals surface area contributed by atoms with Crippen molar-refractivity contribution >= 4 is 5.91 Å². The van der Waals surface area contributed by atoms with Gasteiger partial charge in [-0.15, -0.1) is 0 Å². The van der Waals surface area contributed by atoms with Gasteiger partial charge in [0.1, 0.15) is 6.10 Å². The summed E-state index contributed by atoms with van der Waals surface area (Å²) in [5, 5.41) is 29.0. The van der Waals surface area contributed by atoms with E-state index in [-0.39, 0.29) is 11.8 Å². The summed E-state index contributed by atoms with van der Waals surface area (Å²) >= 11 is 0. The fraction of sp³-hybridized carbons (Fsp3) is 0.933. The monoisotopic (exact) mass is 300 g/mol. The summed E-state index contributed by atoms with van der Waals surface area (Å²) in [4.78, 5) is 15.9. The van der Waals surface area contributed by atoms with Crippen LogP contribution in [0.1, 0.15) is 26.7 Å². The fourth-order valence-corrected chi connectivity index (χ4v) is 3.29. The van der Waals surface area contributed by atoms with E-state index in [4.69, 9.17) is 0 Å². The number of nitrogens with zero attached hydrogens (tertiary/aromatic N) is 2. The van der Waals surface area contributed by atoms with Crippen LogP contribution in [0.5, 0.6) is 0 Å². The molecule has 2 rings (SSSR count). The third-order valence-corrected chi connectivity index (χ3v) is 4.62. The van der Waals surface area contributed by atoms with Crippen molar-refractivity contribution in [2.75, 3.05) is 32.7 Å². The van der Waals surface area contributed by atoms with Gasteiger partial charge in [0.05, 0.1) is 12.2 Å². The summed E-state index contributed by atoms with van der Waals surface area (Å²) in [7, 11) is 0. The van der Waals surface area contributed by atoms with Crippen LogP contribution in [0.4, 0.5) is 0 Å². The van der Waals surface area contributed by atoms with E-state index in [0.29, 0.717) is 19.0 Å². The number of aliphatic hydroxyl groups excluding tert-OH is 3. The van der Waals surface area contributed by atoms with E-state index >= 15 is 0 Å². The second-order valence-electron chi connectivity index (χ2n) is 6.77. The molecule has 2 heterocycles. The molecule has 2 saturated heterocycles. The Morgan fingerprint density at radius 2 is 1.62 bits per heavy atom. The highest BCUT2D eigenvalue weighted by Crippen LogP contribution is 2.22. The minimum Gasteiger partial charge on any atom is -0.389 e. The number of hydrogen-bond donors (Lipinski definition) is 3. The summed E-state index contributed by atoms with van der Waals surface area (Å²) < 4.78 is 0. The van der Waals surface area contributed by atoms with E-state index < -0.39 is 18.3 Å². The maximum atomic E-state index is 11.9. The first kappa shape index (κ1) is 16.7. The Labute approximate surface area is 126 Å². The Balaban J connectivity index is 1.77. The number of aliphatic hydroxyl groups is 3. The zero-order valence-corrected chi connectivity index (χ0v) is 13.0. The molecule has 3 atom stereocenters. The molecule has 0 spiro atoms. The molecule has 6 heteroatoms. The lowest BCUT2D eigenvalue weighted by atomic mass is 9.93. The van der Waals surface area contributed by atoms with Crippen LogP contribution in [-0.4, -0.2) is 82.1 Å². The van der Waals surface area contributed by atoms with Gasteiger partial charge in [-0.2, -0.15) is 0 Å². The van der Waals surface area contributed by atoms with Crippen molar-refractivity contribution in [1.29, 1.82) is 0 Å². The predicted molar refractivity (Wildman–Crippen MR) is 78.6 cm³/mol. The van der Waals surface area contributed by atoms with Crippen LogP contribution >= 0.6 is 0 Å². The number of piperidine rings is 2. The molecular formula is C15H28N2O4. The lowest BCUT2D eigenvalue weighted by Crippen LogP contribution is -2.56. The Morgan fingerprint density at radius 3 is 2.10 bits per heavy atom. The predicted octanol–water partition coefficient (Wildman–Crippen LogP) is -0.721. The second kappa shape index (κ2) is 7.05. The molecule has 0 aliphatic carbocycles. The van der Waals surface area contributed by atoms with Crippen molar-refractivity contribution in [3.8, 4) is 0 Å². The number of amides is 1. The second-order valence-corrected chi connectivity index (χ2v) is 6.77. The third-order valence-electron chi connectivity index (χ3n) is 4.62. The Kier molecular flexibility index (Phi) is 5.60. The highest BCUT2D eigenvalue weighted by Gasteiger charge is 2.34. The van der Waals surface area contributed by atoms with E-state index in [9.17, 15) is 20.1 Å². The van der Waals surface area contributed by atoms with Crippen LogP contribution in [0.3, 0.4) is 0 Å². The number of β-amino-alcohol motifs (C(OH)–C–C–N with tert-alkyl or cyclic N) is 2. The first-order valence-corrected chi connectivity index (χ1v) is 7.93. The van der Waals surface area contributed by atoms with Gasteiger partial charge in [0.2, 0.25) is 5.91 Å². The van der Waals surface area contributed by atoms with Gasteiger partial charge in [-0.05, 0) is 18.8 Å². The van der Waals surface area contributed by atoms with Gasteiger partial charge in [-0.25, -0.2) is 0 Å². The summed E-state index contributed by atoms with van der Waals surface area (Å²) in [6.07, 6.45) is -0.868. The van der Waals surface area contributed by atoms with Gasteiger partial charge in [0.25, 0.3) is 0 Å². The molecule has 2 fully saturated rings. The number of likely N-dealkylation sites (tertiary alicyclic amines) is 2. The fourth-order valence-electron chi connectivity index (χ4n) is 3.29. The average Bonchev–Trinajstić information content (AvgIpc) is 2.44. The van der Waals surface area contributed by atoms with Crippen LogP contribution in [0.2, 0.25) is 0 Å². The van der Waals surface area contributed by atoms with E-state index in [1.165, 1.54) is 0 Å². The van der Waals surface area contributed by atoms with Gasteiger partial charge in [0, 0.05) is 38.6 Å². The summed E-state index contributed by atoms with van der Waals surface area (Å²) in [5.74, 6) is 0.756. The van der Waals surface area contributed by atoms with Crippen molar-refractivity contribution in [3.63, 3.8) is 0 Å². The average molecular weight is 300 g/mol. The quantitative estimate of drug-likeness (QED) is 0.640. The lowest BCUT2D eigenvalue weighted by molar-refractivity contribution is -0.136. The van der Waals surface area contributed by atoms with Crippen LogP contribution in [-0.2, 0) is 4.79 Å². The van der Waals surface area contributed by atoms with Gasteiger partial charge < -0.3 is 20.2 Å². The molecule has 0 aromatic heterocycles. The smallest absolute Gasteiger partial charge is 0.225 e. The van der Waals surface area contributed by atoms with Gasteiger partial charge in [0.15, 0.2) is 0 Å². The highest BCUT2D eigenvalue weighted by molar-refractivity contribution is 5.78. The topological polar surface area (TPSA) is 84.2 Å². The van der Waals surface area contributed by atoms with E-state index in [0.717, 1.165) is 32.5 Å². The maximum absolute atomic E-state index is 11.9. The van der Waals surface area contributed by atoms with E-state index in [2.05, 4.69) is 0 Å². The molecule has 2 aliphatic rings. The molecule has 6 nitrogen and oxygen atoms in total. The molecule has 122 valence electrons. The number of hydrogen-bond acceptors (Lipinski definition) is 5. The van der Waals surface area contributed by atoms with Crippen molar-refractivity contribution in [3.05, 3.63) is 0 Å². The molecule has 0 unspecified atom stereocenters. The van der Waals surface area contributed by atoms with Crippen LogP contribution in [0.15, 0.2) is 0 Å². The minimum atomic E-state index is -1.04. The largest absolute Gasteiger partial charge is 0.389 e. The lowest BCUT2D eigenvalue weighted by Gasteiger charge is -2.40. The molecule has 1 amide bonds. The molecule has 0 aromatic carbocycles. The van der Waals surface area contributed by atoms with Crippen molar-refractivity contribution < 1.29 is 20.1 Å². The van der Waals surface area contributed by atoms with Gasteiger partial charge in [-0.3, -0.25) is 9.69 Å². The first-order valence-electron chi connectivity index (χ1n) is 7.93. The molecule has 0 saturated carbocycles. The maximum Gasteiger partial charge on any atom is 0.225 e. The molecule has 3 N–H and O–H groups in total. The SMILES string of the molecule is CC(C)C(=O)N1CCC(CN2C[C@@H](O)[C@H](O)[C@@H](O)C2)CC1. The molecule has 0 radical (unpaired) electrons. The first-order chi connectivity index (χ1) is 9.88.